The van der Waals surface area contributed by atoms with Crippen molar-refractivity contribution in [2.24, 2.45) is 17.8 Å². The monoisotopic (exact) mass is 241 g/mol. The van der Waals surface area contributed by atoms with E-state index in [1.54, 1.807) is 0 Å². The van der Waals surface area contributed by atoms with Gasteiger partial charge in [-0.3, -0.25) is 4.90 Å². The summed E-state index contributed by atoms with van der Waals surface area (Å²) in [6.07, 6.45) is 7.35. The third kappa shape index (κ3) is 2.76. The van der Waals surface area contributed by atoms with E-state index in [-0.39, 0.29) is 0 Å². The molecule has 1 saturated heterocycles. The van der Waals surface area contributed by atoms with Crippen LogP contribution in [0.3, 0.4) is 0 Å². The fourth-order valence-electron chi connectivity index (χ4n) is 3.56. The molecule has 0 aromatic carbocycles. The molecule has 1 aliphatic carbocycles. The second kappa shape index (κ2) is 5.77. The van der Waals surface area contributed by atoms with E-state index in [1.165, 1.54) is 45.2 Å². The van der Waals surface area contributed by atoms with Crippen molar-refractivity contribution in [2.75, 3.05) is 18.8 Å². The summed E-state index contributed by atoms with van der Waals surface area (Å²) < 4.78 is 0. The van der Waals surface area contributed by atoms with E-state index in [0.717, 1.165) is 29.5 Å². The molecule has 2 rings (SSSR count). The van der Waals surface area contributed by atoms with Gasteiger partial charge in [-0.25, -0.2) is 0 Å². The average molecular weight is 241 g/mol. The van der Waals surface area contributed by atoms with Crippen LogP contribution in [0.25, 0.3) is 0 Å². The first-order valence-electron chi connectivity index (χ1n) is 7.07. The van der Waals surface area contributed by atoms with Crippen LogP contribution in [0, 0.1) is 17.8 Å². The van der Waals surface area contributed by atoms with Gasteiger partial charge in [0.05, 0.1) is 0 Å². The zero-order chi connectivity index (χ0) is 11.5. The van der Waals surface area contributed by atoms with Gasteiger partial charge in [0.25, 0.3) is 0 Å². The Kier molecular flexibility index (Phi) is 4.60. The second-order valence-corrected chi connectivity index (χ2v) is 6.45. The highest BCUT2D eigenvalue weighted by molar-refractivity contribution is 7.80. The Morgan fingerprint density at radius 3 is 2.62 bits per heavy atom. The Hall–Kier alpha value is 0.310. The molecule has 0 N–H and O–H groups in total. The molecular weight excluding hydrogens is 214 g/mol. The van der Waals surface area contributed by atoms with Crippen LogP contribution in [0.15, 0.2) is 0 Å². The molecule has 3 atom stereocenters. The van der Waals surface area contributed by atoms with Crippen LogP contribution < -0.4 is 0 Å². The Morgan fingerprint density at radius 1 is 1.19 bits per heavy atom. The molecule has 2 aliphatic rings. The third-order valence-electron chi connectivity index (χ3n) is 4.75. The minimum atomic E-state index is 0.777. The van der Waals surface area contributed by atoms with Crippen LogP contribution in [0.5, 0.6) is 0 Å². The highest BCUT2D eigenvalue weighted by Crippen LogP contribution is 2.37. The molecule has 0 aromatic heterocycles. The molecular formula is C14H27NS. The Morgan fingerprint density at radius 2 is 1.94 bits per heavy atom. The first kappa shape index (κ1) is 12.8. The number of thiol groups is 1. The van der Waals surface area contributed by atoms with Gasteiger partial charge < -0.3 is 0 Å². The first-order chi connectivity index (χ1) is 7.72. The highest BCUT2D eigenvalue weighted by atomic mass is 32.1. The minimum Gasteiger partial charge on any atom is -0.300 e. The van der Waals surface area contributed by atoms with E-state index >= 15 is 0 Å². The molecule has 0 amide bonds. The number of fused-ring (bicyclic) bond motifs is 1. The molecule has 0 radical (unpaired) electrons. The van der Waals surface area contributed by atoms with Gasteiger partial charge in [0.2, 0.25) is 0 Å². The molecule has 3 unspecified atom stereocenters. The fraction of sp³-hybridized carbons (Fsp3) is 1.00. The molecule has 0 aromatic rings. The van der Waals surface area contributed by atoms with Gasteiger partial charge in [-0.05, 0) is 55.7 Å². The van der Waals surface area contributed by atoms with Gasteiger partial charge in [-0.2, -0.15) is 12.6 Å². The lowest BCUT2D eigenvalue weighted by atomic mass is 9.89. The van der Waals surface area contributed by atoms with E-state index in [1.807, 2.05) is 0 Å². The number of rotatable bonds is 4. The van der Waals surface area contributed by atoms with Crippen LogP contribution in [0.4, 0.5) is 0 Å². The smallest absolute Gasteiger partial charge is 0.0124 e. The quantitative estimate of drug-likeness (QED) is 0.738. The fourth-order valence-corrected chi connectivity index (χ4v) is 4.10. The molecule has 2 fully saturated rings. The summed E-state index contributed by atoms with van der Waals surface area (Å²) in [5.41, 5.74) is 0. The van der Waals surface area contributed by atoms with E-state index in [0.29, 0.717) is 0 Å². The standard InChI is InChI=1S/C14H27NS/c1-11(2)13(10-16)9-15-8-4-6-12-5-3-7-14(12)15/h11-14,16H,3-10H2,1-2H3. The molecule has 1 aliphatic heterocycles. The zero-order valence-corrected chi connectivity index (χ0v) is 11.8. The maximum absolute atomic E-state index is 4.52. The normalized spacial score (nSPS) is 33.0. The van der Waals surface area contributed by atoms with Gasteiger partial charge in [-0.15, -0.1) is 0 Å². The van der Waals surface area contributed by atoms with Crippen LogP contribution >= 0.6 is 12.6 Å². The number of likely N-dealkylation sites (tertiary alicyclic amines) is 1. The van der Waals surface area contributed by atoms with Crippen molar-refractivity contribution in [1.82, 2.24) is 4.90 Å². The van der Waals surface area contributed by atoms with Gasteiger partial charge in [0, 0.05) is 12.6 Å². The number of hydrogen-bond acceptors (Lipinski definition) is 2. The lowest BCUT2D eigenvalue weighted by Gasteiger charge is -2.40. The largest absolute Gasteiger partial charge is 0.300 e. The first-order valence-corrected chi connectivity index (χ1v) is 7.70. The van der Waals surface area contributed by atoms with Crippen molar-refractivity contribution >= 4 is 12.6 Å². The number of hydrogen-bond donors (Lipinski definition) is 1. The van der Waals surface area contributed by atoms with Crippen LogP contribution in [0.1, 0.15) is 46.0 Å². The molecule has 1 heterocycles. The van der Waals surface area contributed by atoms with Gasteiger partial charge in [0.1, 0.15) is 0 Å². The lowest BCUT2D eigenvalue weighted by Crippen LogP contribution is -2.45. The van der Waals surface area contributed by atoms with Crippen molar-refractivity contribution in [2.45, 2.75) is 52.0 Å². The Bertz CT molecular complexity index is 217. The Labute approximate surface area is 106 Å². The molecule has 0 bridgehead atoms. The third-order valence-corrected chi connectivity index (χ3v) is 5.22. The van der Waals surface area contributed by atoms with Gasteiger partial charge in [-0.1, -0.05) is 20.3 Å². The Balaban J connectivity index is 1.92. The predicted octanol–water partition coefficient (Wildman–Crippen LogP) is 3.45. The van der Waals surface area contributed by atoms with Gasteiger partial charge >= 0.3 is 0 Å². The van der Waals surface area contributed by atoms with Crippen molar-refractivity contribution in [3.05, 3.63) is 0 Å². The van der Waals surface area contributed by atoms with E-state index in [4.69, 9.17) is 0 Å². The maximum atomic E-state index is 4.52. The molecule has 16 heavy (non-hydrogen) atoms. The lowest BCUT2D eigenvalue weighted by molar-refractivity contribution is 0.0898. The van der Waals surface area contributed by atoms with Crippen molar-refractivity contribution < 1.29 is 0 Å². The van der Waals surface area contributed by atoms with E-state index in [2.05, 4.69) is 31.4 Å². The second-order valence-electron chi connectivity index (χ2n) is 6.08. The summed E-state index contributed by atoms with van der Waals surface area (Å²) in [4.78, 5) is 2.79. The summed E-state index contributed by atoms with van der Waals surface area (Å²) in [6.45, 7) is 7.33. The summed E-state index contributed by atoms with van der Waals surface area (Å²) in [5.74, 6) is 3.63. The van der Waals surface area contributed by atoms with Crippen LogP contribution in [-0.2, 0) is 0 Å². The maximum Gasteiger partial charge on any atom is 0.0124 e. The summed E-state index contributed by atoms with van der Waals surface area (Å²) in [7, 11) is 0. The minimum absolute atomic E-state index is 0.777. The van der Waals surface area contributed by atoms with Gasteiger partial charge in [0.15, 0.2) is 0 Å². The molecule has 2 heteroatoms. The highest BCUT2D eigenvalue weighted by Gasteiger charge is 2.35. The summed E-state index contributed by atoms with van der Waals surface area (Å²) in [5, 5.41) is 0. The van der Waals surface area contributed by atoms with Crippen LogP contribution in [-0.4, -0.2) is 29.8 Å². The summed E-state index contributed by atoms with van der Waals surface area (Å²) in [6, 6.07) is 0.926. The number of nitrogens with zero attached hydrogens (tertiary/aromatic N) is 1. The van der Waals surface area contributed by atoms with Crippen molar-refractivity contribution in [1.29, 1.82) is 0 Å². The average Bonchev–Trinajstić information content (AvgIpc) is 2.73. The summed E-state index contributed by atoms with van der Waals surface area (Å²) >= 11 is 4.52. The van der Waals surface area contributed by atoms with Crippen molar-refractivity contribution in [3.8, 4) is 0 Å². The molecule has 94 valence electrons. The molecule has 1 saturated carbocycles. The predicted molar refractivity (Wildman–Crippen MR) is 74.1 cm³/mol. The van der Waals surface area contributed by atoms with E-state index < -0.39 is 0 Å². The zero-order valence-electron chi connectivity index (χ0n) is 10.9. The molecule has 1 nitrogen and oxygen atoms in total. The SMILES string of the molecule is CC(C)C(CS)CN1CCCC2CCCC21. The van der Waals surface area contributed by atoms with Crippen LogP contribution in [0.2, 0.25) is 0 Å². The van der Waals surface area contributed by atoms with Crippen molar-refractivity contribution in [3.63, 3.8) is 0 Å². The molecule has 0 spiro atoms. The topological polar surface area (TPSA) is 3.24 Å². The van der Waals surface area contributed by atoms with E-state index in [9.17, 15) is 0 Å². The number of piperidine rings is 1.